The average Bonchev–Trinajstić information content (AvgIpc) is 2.87. The second kappa shape index (κ2) is 7.59. The molecule has 0 spiro atoms. The summed E-state index contributed by atoms with van der Waals surface area (Å²) in [4.78, 5) is 13.2. The first kappa shape index (κ1) is 16.0. The van der Waals surface area contributed by atoms with Crippen LogP contribution in [0, 0.1) is 5.92 Å². The Morgan fingerprint density at radius 2 is 2.29 bits per heavy atom. The van der Waals surface area contributed by atoms with Crippen LogP contribution in [0.5, 0.6) is 0 Å². The number of carboxylic acid groups (broad SMARTS) is 1. The molecular formula is C16H27N3O2. The molecule has 118 valence electrons. The molecule has 1 aromatic rings. The van der Waals surface area contributed by atoms with Gasteiger partial charge in [0.15, 0.2) is 0 Å². The number of hydrogen-bond donors (Lipinski definition) is 1. The zero-order valence-corrected chi connectivity index (χ0v) is 13.2. The fourth-order valence-corrected chi connectivity index (χ4v) is 3.18. The molecular weight excluding hydrogens is 266 g/mol. The smallest absolute Gasteiger partial charge is 0.303 e. The molecule has 0 aromatic carbocycles. The van der Waals surface area contributed by atoms with Gasteiger partial charge in [-0.2, -0.15) is 5.10 Å². The summed E-state index contributed by atoms with van der Waals surface area (Å²) >= 11 is 0. The van der Waals surface area contributed by atoms with Crippen LogP contribution in [0.4, 0.5) is 0 Å². The normalized spacial score (nSPS) is 19.8. The molecule has 5 nitrogen and oxygen atoms in total. The number of aromatic nitrogens is 2. The third-order valence-electron chi connectivity index (χ3n) is 4.33. The molecule has 1 aromatic heterocycles. The zero-order valence-electron chi connectivity index (χ0n) is 13.2. The summed E-state index contributed by atoms with van der Waals surface area (Å²) in [6, 6.07) is 2.21. The van der Waals surface area contributed by atoms with Crippen molar-refractivity contribution in [2.75, 3.05) is 13.1 Å². The van der Waals surface area contributed by atoms with Gasteiger partial charge in [-0.25, -0.2) is 0 Å². The number of carboxylic acids is 1. The van der Waals surface area contributed by atoms with Crippen LogP contribution in [0.15, 0.2) is 6.07 Å². The van der Waals surface area contributed by atoms with Gasteiger partial charge in [0.05, 0.1) is 11.4 Å². The lowest BCUT2D eigenvalue weighted by Crippen LogP contribution is -2.35. The van der Waals surface area contributed by atoms with Crippen LogP contribution in [0.25, 0.3) is 0 Å². The highest BCUT2D eigenvalue weighted by Crippen LogP contribution is 2.22. The Bertz CT molecular complexity index is 470. The second-order valence-corrected chi connectivity index (χ2v) is 5.97. The van der Waals surface area contributed by atoms with Crippen LogP contribution in [0.2, 0.25) is 0 Å². The second-order valence-electron chi connectivity index (χ2n) is 5.97. The Hall–Kier alpha value is -1.36. The molecule has 1 atom stereocenters. The summed E-state index contributed by atoms with van der Waals surface area (Å²) in [6.07, 6.45) is 4.41. The Morgan fingerprint density at radius 1 is 1.48 bits per heavy atom. The van der Waals surface area contributed by atoms with Crippen LogP contribution in [0.1, 0.15) is 50.9 Å². The first-order valence-corrected chi connectivity index (χ1v) is 8.12. The molecule has 2 rings (SSSR count). The fourth-order valence-electron chi connectivity index (χ4n) is 3.18. The van der Waals surface area contributed by atoms with E-state index in [9.17, 15) is 4.79 Å². The van der Waals surface area contributed by atoms with E-state index in [1.165, 1.54) is 12.1 Å². The van der Waals surface area contributed by atoms with Crippen molar-refractivity contribution in [3.05, 3.63) is 17.5 Å². The van der Waals surface area contributed by atoms with Crippen LogP contribution < -0.4 is 0 Å². The summed E-state index contributed by atoms with van der Waals surface area (Å²) in [7, 11) is 0. The van der Waals surface area contributed by atoms with Gasteiger partial charge in [-0.15, -0.1) is 0 Å². The molecule has 1 aliphatic heterocycles. The fraction of sp³-hybridized carbons (Fsp3) is 0.750. The van der Waals surface area contributed by atoms with Crippen molar-refractivity contribution in [1.82, 2.24) is 14.7 Å². The van der Waals surface area contributed by atoms with Crippen molar-refractivity contribution in [3.63, 3.8) is 0 Å². The summed E-state index contributed by atoms with van der Waals surface area (Å²) in [5.74, 6) is -0.151. The molecule has 1 saturated heterocycles. The summed E-state index contributed by atoms with van der Waals surface area (Å²) in [5, 5.41) is 13.4. The maximum atomic E-state index is 10.7. The lowest BCUT2D eigenvalue weighted by Gasteiger charge is -2.32. The molecule has 0 saturated carbocycles. The minimum Gasteiger partial charge on any atom is -0.481 e. The van der Waals surface area contributed by atoms with Gasteiger partial charge in [0.25, 0.3) is 0 Å². The Labute approximate surface area is 126 Å². The molecule has 1 unspecified atom stereocenters. The summed E-state index contributed by atoms with van der Waals surface area (Å²) in [6.45, 7) is 8.23. The van der Waals surface area contributed by atoms with Gasteiger partial charge in [-0.1, -0.05) is 6.92 Å². The molecule has 1 aliphatic rings. The molecule has 1 N–H and O–H groups in total. The predicted octanol–water partition coefficient (Wildman–Crippen LogP) is 2.54. The number of piperidine rings is 1. The first-order valence-electron chi connectivity index (χ1n) is 8.12. The number of nitrogens with zero attached hydrogens (tertiary/aromatic N) is 3. The molecule has 2 heterocycles. The van der Waals surface area contributed by atoms with E-state index in [4.69, 9.17) is 5.11 Å². The van der Waals surface area contributed by atoms with Gasteiger partial charge in [0.2, 0.25) is 0 Å². The van der Waals surface area contributed by atoms with Crippen molar-refractivity contribution in [3.8, 4) is 0 Å². The van der Waals surface area contributed by atoms with Crippen molar-refractivity contribution in [2.24, 2.45) is 5.92 Å². The number of rotatable bonds is 7. The predicted molar refractivity (Wildman–Crippen MR) is 82.1 cm³/mol. The molecule has 21 heavy (non-hydrogen) atoms. The number of hydrogen-bond acceptors (Lipinski definition) is 3. The van der Waals surface area contributed by atoms with Gasteiger partial charge < -0.3 is 5.11 Å². The highest BCUT2D eigenvalue weighted by atomic mass is 16.4. The number of aliphatic carboxylic acids is 1. The largest absolute Gasteiger partial charge is 0.481 e. The maximum Gasteiger partial charge on any atom is 0.303 e. The van der Waals surface area contributed by atoms with Crippen LogP contribution in [0.3, 0.4) is 0 Å². The third kappa shape index (κ3) is 4.56. The average molecular weight is 293 g/mol. The number of likely N-dealkylation sites (tertiary alicyclic amines) is 1. The third-order valence-corrected chi connectivity index (χ3v) is 4.33. The quantitative estimate of drug-likeness (QED) is 0.839. The standard InChI is InChI=1S/C16H27N3O2/c1-3-14-10-15(19(4-2)17-14)12-18-9-5-6-13(11-18)7-8-16(20)21/h10,13H,3-9,11-12H2,1-2H3,(H,20,21). The van der Waals surface area contributed by atoms with Crippen molar-refractivity contribution in [1.29, 1.82) is 0 Å². The zero-order chi connectivity index (χ0) is 15.2. The van der Waals surface area contributed by atoms with E-state index in [1.807, 2.05) is 0 Å². The Kier molecular flexibility index (Phi) is 5.79. The highest BCUT2D eigenvalue weighted by Gasteiger charge is 2.21. The van der Waals surface area contributed by atoms with E-state index in [1.54, 1.807) is 0 Å². The van der Waals surface area contributed by atoms with Crippen LogP contribution in [-0.4, -0.2) is 38.8 Å². The monoisotopic (exact) mass is 293 g/mol. The Morgan fingerprint density at radius 3 is 2.95 bits per heavy atom. The number of aryl methyl sites for hydroxylation is 2. The first-order chi connectivity index (χ1) is 10.1. The van der Waals surface area contributed by atoms with E-state index < -0.39 is 5.97 Å². The summed E-state index contributed by atoms with van der Waals surface area (Å²) < 4.78 is 2.10. The van der Waals surface area contributed by atoms with Crippen molar-refractivity contribution < 1.29 is 9.90 Å². The molecule has 0 amide bonds. The van der Waals surface area contributed by atoms with Gasteiger partial charge >= 0.3 is 5.97 Å². The van der Waals surface area contributed by atoms with Gasteiger partial charge in [-0.05, 0) is 51.1 Å². The van der Waals surface area contributed by atoms with Gasteiger partial charge in [0, 0.05) is 26.1 Å². The SMILES string of the molecule is CCc1cc(CN2CCCC(CCC(=O)O)C2)n(CC)n1. The van der Waals surface area contributed by atoms with E-state index in [0.29, 0.717) is 12.3 Å². The topological polar surface area (TPSA) is 58.4 Å². The lowest BCUT2D eigenvalue weighted by molar-refractivity contribution is -0.137. The minimum absolute atomic E-state index is 0.297. The summed E-state index contributed by atoms with van der Waals surface area (Å²) in [5.41, 5.74) is 2.44. The molecule has 0 bridgehead atoms. The lowest BCUT2D eigenvalue weighted by atomic mass is 9.93. The van der Waals surface area contributed by atoms with E-state index in [0.717, 1.165) is 51.1 Å². The van der Waals surface area contributed by atoms with Crippen molar-refractivity contribution >= 4 is 5.97 Å². The minimum atomic E-state index is -0.677. The van der Waals surface area contributed by atoms with Crippen LogP contribution >= 0.6 is 0 Å². The van der Waals surface area contributed by atoms with Gasteiger partial charge in [0.1, 0.15) is 0 Å². The van der Waals surface area contributed by atoms with Crippen LogP contribution in [-0.2, 0) is 24.3 Å². The Balaban J connectivity index is 1.92. The highest BCUT2D eigenvalue weighted by molar-refractivity contribution is 5.66. The van der Waals surface area contributed by atoms with E-state index in [-0.39, 0.29) is 0 Å². The molecule has 5 heteroatoms. The maximum absolute atomic E-state index is 10.7. The molecule has 0 radical (unpaired) electrons. The number of carbonyl (C=O) groups is 1. The van der Waals surface area contributed by atoms with E-state index in [2.05, 4.69) is 34.6 Å². The molecule has 1 fully saturated rings. The molecule has 0 aliphatic carbocycles. The van der Waals surface area contributed by atoms with Gasteiger partial charge in [-0.3, -0.25) is 14.4 Å². The van der Waals surface area contributed by atoms with Crippen molar-refractivity contribution in [2.45, 2.75) is 59.0 Å². The van der Waals surface area contributed by atoms with E-state index >= 15 is 0 Å².